The fraction of sp³-hybridized carbons (Fsp3) is 0.455. The van der Waals surface area contributed by atoms with Crippen molar-refractivity contribution in [1.82, 2.24) is 20.4 Å². The molecule has 0 aliphatic carbocycles. The summed E-state index contributed by atoms with van der Waals surface area (Å²) in [6.45, 7) is 6.25. The van der Waals surface area contributed by atoms with Gasteiger partial charge in [0, 0.05) is 29.3 Å². The van der Waals surface area contributed by atoms with Gasteiger partial charge < -0.3 is 20.1 Å². The minimum Gasteiger partial charge on any atom is -0.469 e. The van der Waals surface area contributed by atoms with Gasteiger partial charge in [-0.05, 0) is 51.0 Å². The Labute approximate surface area is 202 Å². The van der Waals surface area contributed by atoms with Crippen LogP contribution in [0.4, 0.5) is 4.79 Å². The largest absolute Gasteiger partial charge is 0.469 e. The van der Waals surface area contributed by atoms with E-state index >= 15 is 0 Å². The number of hydrogen-bond donors (Lipinski definition) is 2. The minimum absolute atomic E-state index is 0.0939. The number of nitrogens with one attached hydrogen (secondary N) is 2. The molecule has 180 valence electrons. The summed E-state index contributed by atoms with van der Waals surface area (Å²) in [5.74, 6) is -0.914. The lowest BCUT2D eigenvalue weighted by molar-refractivity contribution is -0.141. The Balaban J connectivity index is 1.96. The molecular formula is C22H28Cl2N4O5. The van der Waals surface area contributed by atoms with E-state index < -0.39 is 29.6 Å². The lowest BCUT2D eigenvalue weighted by Gasteiger charge is -2.19. The van der Waals surface area contributed by atoms with Gasteiger partial charge in [0.1, 0.15) is 5.60 Å². The molecule has 9 nitrogen and oxygen atoms in total. The molecule has 1 heterocycles. The number of aromatic nitrogens is 2. The third-order valence-corrected chi connectivity index (χ3v) is 4.76. The molecule has 0 radical (unpaired) electrons. The SMILES string of the molecule is COC(=O)C[C@H](NC(=O)c1cnn(CCCNC(=O)OC(C)(C)C)c1)c1cc(Cl)cc(Cl)c1. The summed E-state index contributed by atoms with van der Waals surface area (Å²) in [7, 11) is 1.27. The molecule has 0 saturated carbocycles. The maximum Gasteiger partial charge on any atom is 0.407 e. The first-order valence-electron chi connectivity index (χ1n) is 10.3. The van der Waals surface area contributed by atoms with E-state index in [2.05, 4.69) is 15.7 Å². The molecule has 0 aliphatic heterocycles. The molecule has 0 aliphatic rings. The van der Waals surface area contributed by atoms with Crippen LogP contribution in [-0.4, -0.2) is 47.0 Å². The number of carbonyl (C=O) groups excluding carboxylic acids is 3. The van der Waals surface area contributed by atoms with Gasteiger partial charge in [0.05, 0.1) is 31.3 Å². The molecule has 0 saturated heterocycles. The fourth-order valence-electron chi connectivity index (χ4n) is 2.87. The molecule has 0 fully saturated rings. The molecule has 2 rings (SSSR count). The van der Waals surface area contributed by atoms with Crippen LogP contribution in [0.1, 0.15) is 55.6 Å². The zero-order chi connectivity index (χ0) is 24.6. The molecule has 0 spiro atoms. The van der Waals surface area contributed by atoms with E-state index in [1.54, 1.807) is 49.8 Å². The zero-order valence-corrected chi connectivity index (χ0v) is 20.5. The van der Waals surface area contributed by atoms with Crippen molar-refractivity contribution in [1.29, 1.82) is 0 Å². The van der Waals surface area contributed by atoms with Crippen LogP contribution in [-0.2, 0) is 20.8 Å². The zero-order valence-electron chi connectivity index (χ0n) is 19.0. The maximum absolute atomic E-state index is 12.8. The molecule has 2 aromatic rings. The summed E-state index contributed by atoms with van der Waals surface area (Å²) in [6, 6.07) is 4.12. The Morgan fingerprint density at radius 2 is 1.82 bits per heavy atom. The number of halogens is 2. The second-order valence-corrected chi connectivity index (χ2v) is 9.16. The summed E-state index contributed by atoms with van der Waals surface area (Å²) in [6.07, 6.45) is 3.03. The van der Waals surface area contributed by atoms with Crippen molar-refractivity contribution in [3.63, 3.8) is 0 Å². The van der Waals surface area contributed by atoms with Gasteiger partial charge in [0.25, 0.3) is 5.91 Å². The highest BCUT2D eigenvalue weighted by Crippen LogP contribution is 2.26. The molecule has 2 N–H and O–H groups in total. The summed E-state index contributed by atoms with van der Waals surface area (Å²) in [5, 5.41) is 10.4. The van der Waals surface area contributed by atoms with Gasteiger partial charge in [0.15, 0.2) is 0 Å². The number of benzene rings is 1. The molecule has 1 atom stereocenters. The highest BCUT2D eigenvalue weighted by molar-refractivity contribution is 6.34. The Bertz CT molecular complexity index is 967. The summed E-state index contributed by atoms with van der Waals surface area (Å²) < 4.78 is 11.5. The van der Waals surface area contributed by atoms with E-state index in [0.29, 0.717) is 40.7 Å². The van der Waals surface area contributed by atoms with Crippen LogP contribution in [0.25, 0.3) is 0 Å². The van der Waals surface area contributed by atoms with E-state index in [9.17, 15) is 14.4 Å². The summed E-state index contributed by atoms with van der Waals surface area (Å²) in [5.41, 5.74) is 0.334. The predicted octanol–water partition coefficient (Wildman–Crippen LogP) is 4.14. The van der Waals surface area contributed by atoms with Gasteiger partial charge >= 0.3 is 12.1 Å². The first-order valence-corrected chi connectivity index (χ1v) is 11.1. The predicted molar refractivity (Wildman–Crippen MR) is 124 cm³/mol. The average molecular weight is 499 g/mol. The Kier molecular flexibility index (Phi) is 9.55. The Morgan fingerprint density at radius 3 is 2.42 bits per heavy atom. The fourth-order valence-corrected chi connectivity index (χ4v) is 3.41. The number of esters is 1. The average Bonchev–Trinajstić information content (AvgIpc) is 3.17. The summed E-state index contributed by atoms with van der Waals surface area (Å²) in [4.78, 5) is 36.3. The number of nitrogens with zero attached hydrogens (tertiary/aromatic N) is 2. The molecule has 11 heteroatoms. The van der Waals surface area contributed by atoms with Crippen molar-refractivity contribution >= 4 is 41.2 Å². The lowest BCUT2D eigenvalue weighted by Crippen LogP contribution is -2.33. The Hall–Kier alpha value is -2.78. The number of amides is 2. The summed E-state index contributed by atoms with van der Waals surface area (Å²) >= 11 is 12.1. The van der Waals surface area contributed by atoms with Crippen molar-refractivity contribution in [3.8, 4) is 0 Å². The van der Waals surface area contributed by atoms with Gasteiger partial charge in [0.2, 0.25) is 0 Å². The van der Waals surface area contributed by atoms with Gasteiger partial charge in [-0.15, -0.1) is 0 Å². The van der Waals surface area contributed by atoms with Crippen LogP contribution in [0.2, 0.25) is 10.0 Å². The van der Waals surface area contributed by atoms with E-state index in [-0.39, 0.29) is 6.42 Å². The monoisotopic (exact) mass is 498 g/mol. The third kappa shape index (κ3) is 9.31. The van der Waals surface area contributed by atoms with Crippen molar-refractivity contribution < 1.29 is 23.9 Å². The third-order valence-electron chi connectivity index (χ3n) is 4.32. The number of aryl methyl sites for hydroxylation is 1. The number of alkyl carbamates (subject to hydrolysis) is 1. The van der Waals surface area contributed by atoms with Crippen molar-refractivity contribution in [2.45, 2.75) is 51.8 Å². The molecule has 2 amide bonds. The van der Waals surface area contributed by atoms with Crippen LogP contribution >= 0.6 is 23.2 Å². The van der Waals surface area contributed by atoms with Crippen LogP contribution in [0.3, 0.4) is 0 Å². The maximum atomic E-state index is 12.8. The van der Waals surface area contributed by atoms with Crippen molar-refractivity contribution in [2.75, 3.05) is 13.7 Å². The quantitative estimate of drug-likeness (QED) is 0.396. The standard InChI is InChI=1S/C22H28Cl2N4O5/c1-22(2,3)33-21(31)25-6-5-7-28-13-15(12-26-28)20(30)27-18(11-19(29)32-4)14-8-16(23)10-17(24)9-14/h8-10,12-13,18H,5-7,11H2,1-4H3,(H,25,31)(H,27,30)/t18-/m0/s1. The highest BCUT2D eigenvalue weighted by atomic mass is 35.5. The van der Waals surface area contributed by atoms with Crippen molar-refractivity contribution in [2.24, 2.45) is 0 Å². The first kappa shape index (κ1) is 26.5. The molecule has 0 unspecified atom stereocenters. The molecule has 33 heavy (non-hydrogen) atoms. The van der Waals surface area contributed by atoms with Crippen LogP contribution < -0.4 is 10.6 Å². The lowest BCUT2D eigenvalue weighted by atomic mass is 10.0. The van der Waals surface area contributed by atoms with Gasteiger partial charge in [-0.2, -0.15) is 5.10 Å². The number of hydrogen-bond acceptors (Lipinski definition) is 6. The van der Waals surface area contributed by atoms with Crippen LogP contribution in [0, 0.1) is 0 Å². The van der Waals surface area contributed by atoms with E-state index in [4.69, 9.17) is 32.7 Å². The van der Waals surface area contributed by atoms with E-state index in [1.807, 2.05) is 0 Å². The minimum atomic E-state index is -0.692. The first-order chi connectivity index (χ1) is 15.5. The Morgan fingerprint density at radius 1 is 1.15 bits per heavy atom. The second-order valence-electron chi connectivity index (χ2n) is 8.28. The van der Waals surface area contributed by atoms with Gasteiger partial charge in [-0.25, -0.2) is 4.79 Å². The topological polar surface area (TPSA) is 112 Å². The highest BCUT2D eigenvalue weighted by Gasteiger charge is 2.21. The van der Waals surface area contributed by atoms with Gasteiger partial charge in [-0.3, -0.25) is 14.3 Å². The second kappa shape index (κ2) is 11.9. The molecule has 1 aromatic heterocycles. The molecule has 1 aromatic carbocycles. The molecule has 0 bridgehead atoms. The van der Waals surface area contributed by atoms with Crippen molar-refractivity contribution in [3.05, 3.63) is 51.8 Å². The van der Waals surface area contributed by atoms with Crippen LogP contribution in [0.5, 0.6) is 0 Å². The number of carbonyl (C=O) groups is 3. The number of rotatable bonds is 9. The molecular weight excluding hydrogens is 471 g/mol. The van der Waals surface area contributed by atoms with Gasteiger partial charge in [-0.1, -0.05) is 23.2 Å². The van der Waals surface area contributed by atoms with Crippen LogP contribution in [0.15, 0.2) is 30.6 Å². The smallest absolute Gasteiger partial charge is 0.407 e. The number of ether oxygens (including phenoxy) is 2. The van der Waals surface area contributed by atoms with E-state index in [1.165, 1.54) is 13.3 Å². The normalized spacial score (nSPS) is 12.1. The van der Waals surface area contributed by atoms with E-state index in [0.717, 1.165) is 0 Å². The number of methoxy groups -OCH3 is 1.